The first kappa shape index (κ1) is 20.1. The molecule has 20 heavy (non-hydrogen) atoms. The third kappa shape index (κ3) is 6.68. The van der Waals surface area contributed by atoms with E-state index in [0.717, 1.165) is 13.1 Å². The average Bonchev–Trinajstić information content (AvgIpc) is 2.40. The Morgan fingerprint density at radius 3 is 1.50 bits per heavy atom. The van der Waals surface area contributed by atoms with E-state index >= 15 is 0 Å². The summed E-state index contributed by atoms with van der Waals surface area (Å²) in [6, 6.07) is 20.6. The molecular weight excluding hydrogens is 526 g/mol. The maximum Gasteiger partial charge on any atom is 0.133 e. The van der Waals surface area contributed by atoms with E-state index in [0.29, 0.717) is 4.32 Å². The number of thiol groups is 1. The molecule has 2 aromatic carbocycles. The molecule has 0 N–H and O–H groups in total. The molecule has 0 aliphatic carbocycles. The van der Waals surface area contributed by atoms with Crippen LogP contribution in [0.2, 0.25) is 0 Å². The van der Waals surface area contributed by atoms with Gasteiger partial charge in [-0.15, -0.1) is 12.6 Å². The van der Waals surface area contributed by atoms with Gasteiger partial charge in [0.05, 0.1) is 0 Å². The minimum Gasteiger partial charge on any atom is -0.349 e. The van der Waals surface area contributed by atoms with Gasteiger partial charge in [0.2, 0.25) is 0 Å². The second-order valence-electron chi connectivity index (χ2n) is 4.11. The molecule has 0 aromatic heterocycles. The van der Waals surface area contributed by atoms with E-state index in [2.05, 4.69) is 41.8 Å². The molecule has 0 saturated carbocycles. The molecule has 0 bridgehead atoms. The number of benzene rings is 2. The van der Waals surface area contributed by atoms with Crippen molar-refractivity contribution < 1.29 is 16.8 Å². The Labute approximate surface area is 160 Å². The summed E-state index contributed by atoms with van der Waals surface area (Å²) in [4.78, 5) is 2.09. The summed E-state index contributed by atoms with van der Waals surface area (Å²) in [5.41, 5.74) is 2.48. The van der Waals surface area contributed by atoms with E-state index in [1.54, 1.807) is 0 Å². The van der Waals surface area contributed by atoms with Gasteiger partial charge in [0.1, 0.15) is 4.32 Å². The molecule has 0 fully saturated rings. The molecule has 0 aliphatic heterocycles. The molecule has 0 atom stereocenters. The summed E-state index contributed by atoms with van der Waals surface area (Å²) in [5, 5.41) is 0. The van der Waals surface area contributed by atoms with E-state index in [1.807, 2.05) is 36.4 Å². The van der Waals surface area contributed by atoms with Gasteiger partial charge in [-0.05, 0) is 11.1 Å². The van der Waals surface area contributed by atoms with Crippen molar-refractivity contribution in [2.75, 3.05) is 0 Å². The summed E-state index contributed by atoms with van der Waals surface area (Å²) in [7, 11) is 0. The Morgan fingerprint density at radius 1 is 0.850 bits per heavy atom. The molecule has 106 valence electrons. The molecule has 0 aliphatic rings. The maximum atomic E-state index is 5.21. The first-order valence-corrected chi connectivity index (χ1v) is 6.67. The van der Waals surface area contributed by atoms with Crippen LogP contribution in [0.1, 0.15) is 11.1 Å². The largest absolute Gasteiger partial charge is 0.349 e. The Hall–Kier alpha value is 0.0696. The van der Waals surface area contributed by atoms with Crippen molar-refractivity contribution in [1.29, 1.82) is 0 Å². The van der Waals surface area contributed by atoms with E-state index in [1.165, 1.54) is 11.1 Å². The number of hydrogen-bond donors (Lipinski definition) is 1. The number of nitrogens with zero attached hydrogens (tertiary/aromatic N) is 1. The minimum atomic E-state index is 0. The Balaban J connectivity index is 0.00000180. The van der Waals surface area contributed by atoms with Gasteiger partial charge in [0, 0.05) is 56.1 Å². The van der Waals surface area contributed by atoms with Crippen molar-refractivity contribution in [3.05, 3.63) is 71.8 Å². The third-order valence-corrected chi connectivity index (χ3v) is 3.24. The van der Waals surface area contributed by atoms with Crippen LogP contribution in [0.4, 0.5) is 0 Å². The monoisotopic (exact) mass is 541 g/mol. The van der Waals surface area contributed by atoms with Crippen LogP contribution < -0.4 is 0 Å². The predicted octanol–water partition coefficient (Wildman–Crippen LogP) is 3.52. The zero-order chi connectivity index (χ0) is 12.8. The number of rotatable bonds is 4. The van der Waals surface area contributed by atoms with Gasteiger partial charge < -0.3 is 4.90 Å². The van der Waals surface area contributed by atoms with Crippen LogP contribution in [0.25, 0.3) is 0 Å². The van der Waals surface area contributed by atoms with Gasteiger partial charge in [-0.1, -0.05) is 72.9 Å². The summed E-state index contributed by atoms with van der Waals surface area (Å²) >= 11 is 9.52. The Bertz CT molecular complexity index is 466. The molecule has 0 heterocycles. The molecule has 0 saturated heterocycles. The van der Waals surface area contributed by atoms with E-state index in [9.17, 15) is 0 Å². The molecule has 2 aromatic rings. The van der Waals surface area contributed by atoms with Crippen LogP contribution in [0, 0.1) is 0 Å². The fraction of sp³-hybridized carbons (Fsp3) is 0.133. The summed E-state index contributed by atoms with van der Waals surface area (Å²) < 4.78 is 0.628. The third-order valence-electron chi connectivity index (χ3n) is 2.70. The normalized spacial score (nSPS) is 9.05. The van der Waals surface area contributed by atoms with Gasteiger partial charge in [0.15, 0.2) is 0 Å². The van der Waals surface area contributed by atoms with E-state index in [-0.39, 0.29) is 43.0 Å². The van der Waals surface area contributed by atoms with Gasteiger partial charge in [0.25, 0.3) is 0 Å². The van der Waals surface area contributed by atoms with Crippen molar-refractivity contribution in [1.82, 2.24) is 4.90 Å². The van der Waals surface area contributed by atoms with Crippen molar-refractivity contribution in [2.45, 2.75) is 13.1 Å². The van der Waals surface area contributed by atoms with Gasteiger partial charge >= 0.3 is 0 Å². The first-order chi connectivity index (χ1) is 8.75. The van der Waals surface area contributed by atoms with Crippen LogP contribution >= 0.6 is 24.8 Å². The second-order valence-corrected chi connectivity index (χ2v) is 5.22. The summed E-state index contributed by atoms with van der Waals surface area (Å²) in [6.07, 6.45) is 0. The summed E-state index contributed by atoms with van der Waals surface area (Å²) in [6.45, 7) is 1.58. The quantitative estimate of drug-likeness (QED) is 0.359. The van der Waals surface area contributed by atoms with Crippen LogP contribution in [0.5, 0.6) is 0 Å². The van der Waals surface area contributed by atoms with E-state index < -0.39 is 0 Å². The smallest absolute Gasteiger partial charge is 0.133 e. The van der Waals surface area contributed by atoms with Gasteiger partial charge in [-0.2, -0.15) is 0 Å². The Morgan fingerprint density at radius 2 is 1.20 bits per heavy atom. The van der Waals surface area contributed by atoms with Crippen molar-refractivity contribution in [2.24, 2.45) is 0 Å². The molecule has 2 rings (SSSR count). The van der Waals surface area contributed by atoms with Crippen LogP contribution in [-0.2, 0) is 29.9 Å². The molecule has 0 unspecified atom stereocenters. The average molecular weight is 541 g/mol. The van der Waals surface area contributed by atoms with Crippen LogP contribution in [-0.4, -0.2) is 35.4 Å². The Kier molecular flexibility index (Phi) is 10.8. The van der Waals surface area contributed by atoms with Crippen LogP contribution in [0.15, 0.2) is 60.7 Å². The number of thiocarbonyl (C=S) groups is 1. The van der Waals surface area contributed by atoms with E-state index in [4.69, 9.17) is 12.2 Å². The minimum absolute atomic E-state index is 0. The van der Waals surface area contributed by atoms with Crippen molar-refractivity contribution >= 4 is 55.4 Å². The van der Waals surface area contributed by atoms with Gasteiger partial charge in [-0.3, -0.25) is 0 Å². The summed E-state index contributed by atoms with van der Waals surface area (Å²) in [5.74, 6) is 0. The standard InChI is InChI=1S/C15H15NS2.Bi.Co/c17-15(18)16(11-13-7-3-1-4-8-13)12-14-9-5-2-6-10-14;;/h1-10H,11-12H2,(H,17,18);;. The SMILES string of the molecule is S=C(S)N(Cc1ccccc1)Cc1ccccc1.[Bi].[Co]. The second kappa shape index (κ2) is 10.7. The molecule has 0 spiro atoms. The molecule has 4 radical (unpaired) electrons. The molecule has 5 heteroatoms. The molecule has 1 nitrogen and oxygen atoms in total. The van der Waals surface area contributed by atoms with Crippen LogP contribution in [0.3, 0.4) is 0 Å². The van der Waals surface area contributed by atoms with Crippen molar-refractivity contribution in [3.8, 4) is 0 Å². The zero-order valence-corrected chi connectivity index (χ0v) is 17.0. The fourth-order valence-electron chi connectivity index (χ4n) is 1.80. The number of hydrogen-bond acceptors (Lipinski definition) is 1. The van der Waals surface area contributed by atoms with Gasteiger partial charge in [-0.25, -0.2) is 0 Å². The van der Waals surface area contributed by atoms with Crippen molar-refractivity contribution in [3.63, 3.8) is 0 Å². The molecular formula is C15H15BiCoNS2. The fourth-order valence-corrected chi connectivity index (χ4v) is 2.07. The predicted molar refractivity (Wildman–Crippen MR) is 89.5 cm³/mol. The first-order valence-electron chi connectivity index (χ1n) is 5.81. The topological polar surface area (TPSA) is 3.24 Å². The maximum absolute atomic E-state index is 5.21. The zero-order valence-electron chi connectivity index (χ0n) is 10.8. The molecule has 0 amide bonds.